The quantitative estimate of drug-likeness (QED) is 0.321. The first kappa shape index (κ1) is 22.6. The Hall–Kier alpha value is -1.70. The van der Waals surface area contributed by atoms with Gasteiger partial charge in [0.25, 0.3) is 0 Å². The van der Waals surface area contributed by atoms with Gasteiger partial charge in [0.2, 0.25) is 0 Å². The zero-order chi connectivity index (χ0) is 20.2. The van der Waals surface area contributed by atoms with Crippen LogP contribution in [-0.4, -0.2) is 12.1 Å². The summed E-state index contributed by atoms with van der Waals surface area (Å²) < 4.78 is 0. The monoisotopic (exact) mass is 382 g/mol. The van der Waals surface area contributed by atoms with Crippen molar-refractivity contribution in [1.29, 1.82) is 0 Å². The van der Waals surface area contributed by atoms with Crippen molar-refractivity contribution >= 4 is 22.1 Å². The number of unbranched alkanes of at least 4 members (excludes halogenated alkanes) is 6. The molecule has 2 N–H and O–H groups in total. The smallest absolute Gasteiger partial charge is 0.0422 e. The summed E-state index contributed by atoms with van der Waals surface area (Å²) in [6, 6.07) is 14.3. The van der Waals surface area contributed by atoms with E-state index in [9.17, 15) is 0 Å². The summed E-state index contributed by atoms with van der Waals surface area (Å²) >= 11 is 0. The van der Waals surface area contributed by atoms with E-state index in [2.05, 4.69) is 74.7 Å². The summed E-state index contributed by atoms with van der Waals surface area (Å²) in [7, 11) is 0. The molecule has 0 heterocycles. The highest BCUT2D eigenvalue weighted by molar-refractivity contribution is 6.01. The molecule has 0 aliphatic carbocycles. The maximum absolute atomic E-state index is 3.76. The van der Waals surface area contributed by atoms with Crippen LogP contribution in [0.2, 0.25) is 0 Å². The van der Waals surface area contributed by atoms with Gasteiger partial charge in [0, 0.05) is 34.2 Å². The Bertz CT molecular complexity index is 620. The highest BCUT2D eigenvalue weighted by Crippen LogP contribution is 2.30. The number of benzene rings is 2. The molecule has 0 saturated heterocycles. The van der Waals surface area contributed by atoms with Gasteiger partial charge < -0.3 is 10.6 Å². The SMILES string of the molecule is CCCCCCC(C)Nc1cccc2c(NC(C)CCCCCC)cccc12. The van der Waals surface area contributed by atoms with E-state index in [-0.39, 0.29) is 0 Å². The second-order valence-electron chi connectivity index (χ2n) is 8.50. The van der Waals surface area contributed by atoms with Crippen LogP contribution >= 0.6 is 0 Å². The highest BCUT2D eigenvalue weighted by atomic mass is 14.9. The topological polar surface area (TPSA) is 24.1 Å². The lowest BCUT2D eigenvalue weighted by atomic mass is 10.0. The third-order valence-corrected chi connectivity index (χ3v) is 5.71. The Morgan fingerprint density at radius 2 is 1.04 bits per heavy atom. The molecule has 2 aromatic carbocycles. The summed E-state index contributed by atoms with van der Waals surface area (Å²) in [5.41, 5.74) is 2.53. The summed E-state index contributed by atoms with van der Waals surface area (Å²) in [5.74, 6) is 0. The van der Waals surface area contributed by atoms with Crippen LogP contribution in [0.4, 0.5) is 11.4 Å². The van der Waals surface area contributed by atoms with E-state index in [1.165, 1.54) is 86.4 Å². The molecule has 0 amide bonds. The molecule has 0 spiro atoms. The standard InChI is InChI=1S/C26H42N2/c1-5-7-9-11-15-21(3)27-25-19-13-18-24-23(25)17-14-20-26(24)28-22(4)16-12-10-8-6-2/h13-14,17-22,27-28H,5-12,15-16H2,1-4H3. The van der Waals surface area contributed by atoms with E-state index in [1.807, 2.05) is 0 Å². The zero-order valence-electron chi connectivity index (χ0n) is 18.7. The van der Waals surface area contributed by atoms with Gasteiger partial charge in [-0.25, -0.2) is 0 Å². The van der Waals surface area contributed by atoms with Crippen LogP contribution in [0, 0.1) is 0 Å². The van der Waals surface area contributed by atoms with Crippen LogP contribution in [0.15, 0.2) is 36.4 Å². The minimum absolute atomic E-state index is 0.511. The molecule has 0 fully saturated rings. The number of fused-ring (bicyclic) bond motifs is 1. The summed E-state index contributed by atoms with van der Waals surface area (Å²) in [6.45, 7) is 9.17. The fourth-order valence-electron chi connectivity index (χ4n) is 3.99. The summed E-state index contributed by atoms with van der Waals surface area (Å²) in [4.78, 5) is 0. The predicted molar refractivity (Wildman–Crippen MR) is 128 cm³/mol. The van der Waals surface area contributed by atoms with Crippen molar-refractivity contribution in [2.75, 3.05) is 10.6 Å². The Morgan fingerprint density at radius 1 is 0.607 bits per heavy atom. The van der Waals surface area contributed by atoms with E-state index in [1.54, 1.807) is 0 Å². The van der Waals surface area contributed by atoms with Crippen molar-refractivity contribution in [3.05, 3.63) is 36.4 Å². The molecule has 0 aliphatic heterocycles. The number of anilines is 2. The molecule has 156 valence electrons. The average Bonchev–Trinajstić information content (AvgIpc) is 2.69. The molecule has 28 heavy (non-hydrogen) atoms. The molecule has 0 aliphatic rings. The number of rotatable bonds is 14. The van der Waals surface area contributed by atoms with Crippen LogP contribution in [-0.2, 0) is 0 Å². The van der Waals surface area contributed by atoms with E-state index < -0.39 is 0 Å². The lowest BCUT2D eigenvalue weighted by Gasteiger charge is -2.20. The van der Waals surface area contributed by atoms with Crippen molar-refractivity contribution in [3.63, 3.8) is 0 Å². The van der Waals surface area contributed by atoms with Gasteiger partial charge in [0.1, 0.15) is 0 Å². The second-order valence-corrected chi connectivity index (χ2v) is 8.50. The molecule has 2 heteroatoms. The molecule has 2 unspecified atom stereocenters. The molecule has 0 bridgehead atoms. The van der Waals surface area contributed by atoms with Gasteiger partial charge in [-0.1, -0.05) is 89.5 Å². The van der Waals surface area contributed by atoms with Gasteiger partial charge in [-0.2, -0.15) is 0 Å². The Balaban J connectivity index is 2.01. The van der Waals surface area contributed by atoms with E-state index in [0.29, 0.717) is 12.1 Å². The number of nitrogens with one attached hydrogen (secondary N) is 2. The largest absolute Gasteiger partial charge is 0.382 e. The van der Waals surface area contributed by atoms with Gasteiger partial charge in [-0.3, -0.25) is 0 Å². The van der Waals surface area contributed by atoms with E-state index >= 15 is 0 Å². The fraction of sp³-hybridized carbons (Fsp3) is 0.615. The molecular formula is C26H42N2. The van der Waals surface area contributed by atoms with Crippen LogP contribution in [0.3, 0.4) is 0 Å². The van der Waals surface area contributed by atoms with Crippen LogP contribution in [0.25, 0.3) is 10.8 Å². The maximum Gasteiger partial charge on any atom is 0.0422 e. The van der Waals surface area contributed by atoms with E-state index in [4.69, 9.17) is 0 Å². The lowest BCUT2D eigenvalue weighted by Crippen LogP contribution is -2.16. The van der Waals surface area contributed by atoms with Gasteiger partial charge in [0.15, 0.2) is 0 Å². The first-order valence-corrected chi connectivity index (χ1v) is 11.7. The second kappa shape index (κ2) is 12.7. The van der Waals surface area contributed by atoms with Gasteiger partial charge >= 0.3 is 0 Å². The molecule has 2 aromatic rings. The molecule has 0 saturated carbocycles. The van der Waals surface area contributed by atoms with Gasteiger partial charge in [-0.15, -0.1) is 0 Å². The minimum Gasteiger partial charge on any atom is -0.382 e. The number of hydrogen-bond donors (Lipinski definition) is 2. The van der Waals surface area contributed by atoms with Crippen LogP contribution in [0.1, 0.15) is 91.9 Å². The van der Waals surface area contributed by atoms with Crippen LogP contribution < -0.4 is 10.6 Å². The van der Waals surface area contributed by atoms with Gasteiger partial charge in [0.05, 0.1) is 0 Å². The first-order valence-electron chi connectivity index (χ1n) is 11.7. The molecule has 0 radical (unpaired) electrons. The predicted octanol–water partition coefficient (Wildman–Crippen LogP) is 8.38. The van der Waals surface area contributed by atoms with Crippen molar-refractivity contribution in [3.8, 4) is 0 Å². The molecular weight excluding hydrogens is 340 g/mol. The first-order chi connectivity index (χ1) is 13.7. The fourth-order valence-corrected chi connectivity index (χ4v) is 3.99. The van der Waals surface area contributed by atoms with E-state index in [0.717, 1.165) is 0 Å². The van der Waals surface area contributed by atoms with Crippen molar-refractivity contribution < 1.29 is 0 Å². The maximum atomic E-state index is 3.76. The molecule has 2 atom stereocenters. The van der Waals surface area contributed by atoms with Crippen molar-refractivity contribution in [2.24, 2.45) is 0 Å². The average molecular weight is 383 g/mol. The zero-order valence-corrected chi connectivity index (χ0v) is 18.7. The molecule has 0 aromatic heterocycles. The van der Waals surface area contributed by atoms with Gasteiger partial charge in [-0.05, 0) is 38.8 Å². The normalized spacial score (nSPS) is 13.4. The minimum atomic E-state index is 0.511. The summed E-state index contributed by atoms with van der Waals surface area (Å²) in [5, 5.41) is 10.2. The third kappa shape index (κ3) is 7.37. The van der Waals surface area contributed by atoms with Crippen molar-refractivity contribution in [1.82, 2.24) is 0 Å². The Labute approximate surface area is 173 Å². The Kier molecular flexibility index (Phi) is 10.2. The van der Waals surface area contributed by atoms with Crippen LogP contribution in [0.5, 0.6) is 0 Å². The van der Waals surface area contributed by atoms with Crippen molar-refractivity contribution in [2.45, 2.75) is 104 Å². The number of hydrogen-bond acceptors (Lipinski definition) is 2. The summed E-state index contributed by atoms with van der Waals surface area (Å²) in [6.07, 6.45) is 13.1. The Morgan fingerprint density at radius 3 is 1.43 bits per heavy atom. The highest BCUT2D eigenvalue weighted by Gasteiger charge is 2.09. The lowest BCUT2D eigenvalue weighted by molar-refractivity contribution is 0.594. The molecule has 2 nitrogen and oxygen atoms in total. The third-order valence-electron chi connectivity index (χ3n) is 5.71. The molecule has 2 rings (SSSR count).